The van der Waals surface area contributed by atoms with Crippen LogP contribution in [0.3, 0.4) is 0 Å². The average molecular weight is 382 g/mol. The van der Waals surface area contributed by atoms with Crippen molar-refractivity contribution in [3.63, 3.8) is 0 Å². The van der Waals surface area contributed by atoms with Crippen molar-refractivity contribution >= 4 is 37.5 Å². The van der Waals surface area contributed by atoms with Crippen molar-refractivity contribution in [1.29, 1.82) is 0 Å². The Hall–Kier alpha value is -1.99. The first kappa shape index (κ1) is 16.4. The summed E-state index contributed by atoms with van der Waals surface area (Å²) >= 11 is 3.29. The highest BCUT2D eigenvalue weighted by Gasteiger charge is 2.09. The summed E-state index contributed by atoms with van der Waals surface area (Å²) in [4.78, 5) is 10.2. The number of nitro groups is 1. The fourth-order valence-corrected chi connectivity index (χ4v) is 3.17. The molecular weight excluding hydrogens is 370 g/mol. The maximum Gasteiger partial charge on any atom is 0.270 e. The van der Waals surface area contributed by atoms with Crippen LogP contribution in [0.25, 0.3) is 6.08 Å². The van der Waals surface area contributed by atoms with E-state index in [1.807, 2.05) is 0 Å². The Balaban J connectivity index is 2.15. The lowest BCUT2D eigenvalue weighted by Crippen LogP contribution is -1.99. The van der Waals surface area contributed by atoms with Crippen LogP contribution in [0.5, 0.6) is 0 Å². The molecule has 22 heavy (non-hydrogen) atoms. The molecule has 5 nitrogen and oxygen atoms in total. The lowest BCUT2D eigenvalue weighted by atomic mass is 10.2. The lowest BCUT2D eigenvalue weighted by molar-refractivity contribution is -0.384. The SMILES string of the molecule is O=[N+]([O-])c1cccc(C=CS(=O)(=O)Cc2ccc(Br)cc2)c1. The van der Waals surface area contributed by atoms with Crippen LogP contribution >= 0.6 is 15.9 Å². The van der Waals surface area contributed by atoms with Crippen LogP contribution < -0.4 is 0 Å². The molecule has 7 heteroatoms. The van der Waals surface area contributed by atoms with Crippen molar-refractivity contribution in [3.8, 4) is 0 Å². The minimum Gasteiger partial charge on any atom is -0.258 e. The van der Waals surface area contributed by atoms with Crippen LogP contribution in [0, 0.1) is 10.1 Å². The van der Waals surface area contributed by atoms with Crippen LogP contribution in [-0.4, -0.2) is 13.3 Å². The van der Waals surface area contributed by atoms with E-state index in [-0.39, 0.29) is 11.4 Å². The normalized spacial score (nSPS) is 11.7. The molecule has 0 radical (unpaired) electrons. The summed E-state index contributed by atoms with van der Waals surface area (Å²) in [6, 6.07) is 12.8. The molecular formula is C15H12BrNO4S. The lowest BCUT2D eigenvalue weighted by Gasteiger charge is -2.00. The van der Waals surface area contributed by atoms with Crippen LogP contribution in [-0.2, 0) is 15.6 Å². The van der Waals surface area contributed by atoms with Gasteiger partial charge in [0.1, 0.15) is 0 Å². The third kappa shape index (κ3) is 4.78. The van der Waals surface area contributed by atoms with Crippen LogP contribution in [0.1, 0.15) is 11.1 Å². The van der Waals surface area contributed by atoms with Gasteiger partial charge in [-0.05, 0) is 29.3 Å². The fourth-order valence-electron chi connectivity index (χ4n) is 1.79. The van der Waals surface area contributed by atoms with Gasteiger partial charge >= 0.3 is 0 Å². The molecule has 0 amide bonds. The van der Waals surface area contributed by atoms with E-state index in [1.165, 1.54) is 24.3 Å². The fraction of sp³-hybridized carbons (Fsp3) is 0.0667. The number of nitro benzene ring substituents is 1. The van der Waals surface area contributed by atoms with Gasteiger partial charge < -0.3 is 0 Å². The van der Waals surface area contributed by atoms with Gasteiger partial charge in [0.2, 0.25) is 0 Å². The topological polar surface area (TPSA) is 77.3 Å². The van der Waals surface area contributed by atoms with Crippen molar-refractivity contribution in [2.75, 3.05) is 0 Å². The van der Waals surface area contributed by atoms with E-state index in [0.29, 0.717) is 11.1 Å². The Morgan fingerprint density at radius 2 is 1.82 bits per heavy atom. The molecule has 2 rings (SSSR count). The standard InChI is InChI=1S/C15H12BrNO4S/c16-14-6-4-13(5-7-14)11-22(20,21)9-8-12-2-1-3-15(10-12)17(18)19/h1-10H,11H2. The molecule has 2 aromatic rings. The van der Waals surface area contributed by atoms with Crippen LogP contribution in [0.15, 0.2) is 58.4 Å². The van der Waals surface area contributed by atoms with Crippen LogP contribution in [0.2, 0.25) is 0 Å². The highest BCUT2D eigenvalue weighted by molar-refractivity contribution is 9.10. The molecule has 0 heterocycles. The van der Waals surface area contributed by atoms with Crippen LogP contribution in [0.4, 0.5) is 5.69 Å². The molecule has 0 aliphatic heterocycles. The van der Waals surface area contributed by atoms with Gasteiger partial charge in [-0.2, -0.15) is 0 Å². The first-order valence-electron chi connectivity index (χ1n) is 6.25. The van der Waals surface area contributed by atoms with E-state index in [0.717, 1.165) is 9.88 Å². The Kier molecular flexibility index (Phi) is 5.10. The van der Waals surface area contributed by atoms with E-state index in [2.05, 4.69) is 15.9 Å². The van der Waals surface area contributed by atoms with E-state index in [9.17, 15) is 18.5 Å². The quantitative estimate of drug-likeness (QED) is 0.580. The molecule has 0 unspecified atom stereocenters. The molecule has 0 N–H and O–H groups in total. The average Bonchev–Trinajstić information content (AvgIpc) is 2.48. The maximum atomic E-state index is 12.0. The molecule has 0 aliphatic rings. The van der Waals surface area contributed by atoms with Gasteiger partial charge in [0.25, 0.3) is 5.69 Å². The molecule has 0 fully saturated rings. The molecule has 0 aromatic heterocycles. The van der Waals surface area contributed by atoms with E-state index >= 15 is 0 Å². The van der Waals surface area contributed by atoms with E-state index in [1.54, 1.807) is 30.3 Å². The van der Waals surface area contributed by atoms with Gasteiger partial charge in [0.05, 0.1) is 10.7 Å². The Morgan fingerprint density at radius 1 is 1.14 bits per heavy atom. The van der Waals surface area contributed by atoms with Gasteiger partial charge in [-0.25, -0.2) is 8.42 Å². The molecule has 0 saturated heterocycles. The summed E-state index contributed by atoms with van der Waals surface area (Å²) < 4.78 is 25.0. The van der Waals surface area contributed by atoms with Gasteiger partial charge in [0.15, 0.2) is 9.84 Å². The van der Waals surface area contributed by atoms with E-state index in [4.69, 9.17) is 0 Å². The second-order valence-corrected chi connectivity index (χ2v) is 7.39. The molecule has 0 saturated carbocycles. The van der Waals surface area contributed by atoms with E-state index < -0.39 is 14.8 Å². The first-order chi connectivity index (χ1) is 10.4. The zero-order chi connectivity index (χ0) is 16.2. The highest BCUT2D eigenvalue weighted by atomic mass is 79.9. The number of nitrogens with zero attached hydrogens (tertiary/aromatic N) is 1. The van der Waals surface area contributed by atoms with Crippen molar-refractivity contribution in [2.45, 2.75) is 5.75 Å². The molecule has 0 aliphatic carbocycles. The molecule has 114 valence electrons. The molecule has 2 aromatic carbocycles. The summed E-state index contributed by atoms with van der Waals surface area (Å²) in [7, 11) is -3.44. The number of hydrogen-bond donors (Lipinski definition) is 0. The Morgan fingerprint density at radius 3 is 2.45 bits per heavy atom. The largest absolute Gasteiger partial charge is 0.270 e. The first-order valence-corrected chi connectivity index (χ1v) is 8.76. The number of hydrogen-bond acceptors (Lipinski definition) is 4. The summed E-state index contributed by atoms with van der Waals surface area (Å²) in [5.74, 6) is -0.119. The smallest absolute Gasteiger partial charge is 0.258 e. The van der Waals surface area contributed by atoms with Crippen molar-refractivity contribution in [3.05, 3.63) is 79.7 Å². The summed E-state index contributed by atoms with van der Waals surface area (Å²) in [6.45, 7) is 0. The zero-order valence-corrected chi connectivity index (χ0v) is 13.7. The highest BCUT2D eigenvalue weighted by Crippen LogP contribution is 2.17. The third-order valence-corrected chi connectivity index (χ3v) is 4.65. The maximum absolute atomic E-state index is 12.0. The van der Waals surface area contributed by atoms with Gasteiger partial charge in [-0.3, -0.25) is 10.1 Å². The van der Waals surface area contributed by atoms with Gasteiger partial charge in [-0.1, -0.05) is 40.2 Å². The molecule has 0 atom stereocenters. The van der Waals surface area contributed by atoms with Crippen molar-refractivity contribution in [2.24, 2.45) is 0 Å². The molecule has 0 bridgehead atoms. The second kappa shape index (κ2) is 6.85. The predicted molar refractivity (Wildman–Crippen MR) is 88.9 cm³/mol. The number of sulfone groups is 1. The monoisotopic (exact) mass is 381 g/mol. The summed E-state index contributed by atoms with van der Waals surface area (Å²) in [5, 5.41) is 11.8. The molecule has 0 spiro atoms. The number of non-ortho nitro benzene ring substituents is 1. The summed E-state index contributed by atoms with van der Waals surface area (Å²) in [5.41, 5.74) is 1.06. The Bertz CT molecular complexity index is 814. The number of rotatable bonds is 5. The minimum atomic E-state index is -3.44. The second-order valence-electron chi connectivity index (χ2n) is 4.59. The minimum absolute atomic E-state index is 0.0764. The summed E-state index contributed by atoms with van der Waals surface area (Å²) in [6.07, 6.45) is 1.36. The number of halogens is 1. The zero-order valence-electron chi connectivity index (χ0n) is 11.3. The van der Waals surface area contributed by atoms with Crippen molar-refractivity contribution in [1.82, 2.24) is 0 Å². The predicted octanol–water partition coefficient (Wildman–Crippen LogP) is 3.94. The van der Waals surface area contributed by atoms with Gasteiger partial charge in [-0.15, -0.1) is 0 Å². The third-order valence-electron chi connectivity index (χ3n) is 2.83. The van der Waals surface area contributed by atoms with Crippen molar-refractivity contribution < 1.29 is 13.3 Å². The van der Waals surface area contributed by atoms with Gasteiger partial charge in [0, 0.05) is 22.0 Å². The Labute approximate surface area is 136 Å². The number of benzene rings is 2.